The third-order valence-corrected chi connectivity index (χ3v) is 7.99. The highest BCUT2D eigenvalue weighted by Gasteiger charge is 2.44. The Morgan fingerprint density at radius 3 is 2.39 bits per heavy atom. The molecule has 0 unspecified atom stereocenters. The van der Waals surface area contributed by atoms with Gasteiger partial charge in [-0.3, -0.25) is 14.6 Å². The SMILES string of the molecule is CC(C)Cc1nc2c(c(-c3ccc4c(Cc5ccc(F)c(F)c5)ncn4c3)c1C(N)=O)C(=O)N[C@@]2(C)Cc1ccc(F)cc1. The second-order valence-corrected chi connectivity index (χ2v) is 11.9. The lowest BCUT2D eigenvalue weighted by molar-refractivity contribution is 0.0935. The minimum absolute atomic E-state index is 0.134. The van der Waals surface area contributed by atoms with Crippen molar-refractivity contribution in [2.24, 2.45) is 11.7 Å². The molecule has 0 radical (unpaired) electrons. The molecule has 4 heterocycles. The van der Waals surface area contributed by atoms with Gasteiger partial charge in [0.1, 0.15) is 5.82 Å². The monoisotopic (exact) mass is 597 g/mol. The number of halogens is 3. The largest absolute Gasteiger partial charge is 0.366 e. The quantitative estimate of drug-likeness (QED) is 0.232. The molecule has 6 rings (SSSR count). The minimum Gasteiger partial charge on any atom is -0.366 e. The van der Waals surface area contributed by atoms with Gasteiger partial charge < -0.3 is 15.5 Å². The van der Waals surface area contributed by atoms with Gasteiger partial charge in [0.2, 0.25) is 0 Å². The van der Waals surface area contributed by atoms with Gasteiger partial charge in [0.25, 0.3) is 11.8 Å². The molecule has 0 saturated carbocycles. The highest BCUT2D eigenvalue weighted by molar-refractivity contribution is 6.11. The smallest absolute Gasteiger partial charge is 0.254 e. The summed E-state index contributed by atoms with van der Waals surface area (Å²) in [5, 5.41) is 3.07. The normalized spacial score (nSPS) is 16.0. The van der Waals surface area contributed by atoms with Crippen LogP contribution in [0.15, 0.2) is 67.1 Å². The van der Waals surface area contributed by atoms with E-state index in [9.17, 15) is 22.8 Å². The molecule has 3 N–H and O–H groups in total. The van der Waals surface area contributed by atoms with Crippen LogP contribution in [0.4, 0.5) is 13.2 Å². The van der Waals surface area contributed by atoms with E-state index in [4.69, 9.17) is 10.7 Å². The number of imidazole rings is 1. The molecule has 1 atom stereocenters. The number of carbonyl (C=O) groups is 2. The zero-order chi connectivity index (χ0) is 31.3. The fourth-order valence-corrected chi connectivity index (χ4v) is 6.04. The number of nitrogens with one attached hydrogen (secondary N) is 1. The van der Waals surface area contributed by atoms with Gasteiger partial charge in [0, 0.05) is 30.2 Å². The predicted octanol–water partition coefficient (Wildman–Crippen LogP) is 5.90. The summed E-state index contributed by atoms with van der Waals surface area (Å²) in [5.74, 6) is -3.16. The number of primary amides is 1. The fraction of sp³-hybridized carbons (Fsp3) is 0.235. The Balaban J connectivity index is 1.50. The molecule has 0 spiro atoms. The Kier molecular flexibility index (Phi) is 7.23. The number of amides is 2. The van der Waals surface area contributed by atoms with Crippen molar-refractivity contribution in [3.63, 3.8) is 0 Å². The predicted molar refractivity (Wildman–Crippen MR) is 160 cm³/mol. The number of aromatic nitrogens is 3. The second kappa shape index (κ2) is 10.9. The first-order valence-electron chi connectivity index (χ1n) is 14.3. The van der Waals surface area contributed by atoms with Crippen molar-refractivity contribution in [3.05, 3.63) is 124 Å². The summed E-state index contributed by atoms with van der Waals surface area (Å²) in [5.41, 5.74) is 10.2. The van der Waals surface area contributed by atoms with Crippen molar-refractivity contribution in [1.82, 2.24) is 19.7 Å². The van der Waals surface area contributed by atoms with Gasteiger partial charge in [0.05, 0.1) is 45.6 Å². The van der Waals surface area contributed by atoms with E-state index in [0.717, 1.165) is 23.2 Å². The summed E-state index contributed by atoms with van der Waals surface area (Å²) in [6.45, 7) is 5.88. The molecule has 0 fully saturated rings. The van der Waals surface area contributed by atoms with Crippen LogP contribution in [0.25, 0.3) is 16.6 Å². The van der Waals surface area contributed by atoms with Crippen molar-refractivity contribution < 1.29 is 22.8 Å². The van der Waals surface area contributed by atoms with E-state index in [1.54, 1.807) is 35.1 Å². The number of hydrogen-bond acceptors (Lipinski definition) is 4. The van der Waals surface area contributed by atoms with E-state index in [1.165, 1.54) is 18.2 Å². The number of nitrogens with zero attached hydrogens (tertiary/aromatic N) is 3. The number of pyridine rings is 2. The number of fused-ring (bicyclic) bond motifs is 2. The third-order valence-electron chi connectivity index (χ3n) is 7.99. The van der Waals surface area contributed by atoms with Crippen molar-refractivity contribution in [3.8, 4) is 11.1 Å². The number of benzene rings is 2. The van der Waals surface area contributed by atoms with Gasteiger partial charge in [-0.25, -0.2) is 18.2 Å². The van der Waals surface area contributed by atoms with E-state index in [-0.39, 0.29) is 29.3 Å². The molecule has 3 aromatic heterocycles. The van der Waals surface area contributed by atoms with Gasteiger partial charge in [-0.05, 0) is 60.7 Å². The Morgan fingerprint density at radius 2 is 1.70 bits per heavy atom. The number of rotatable bonds is 8. The first-order chi connectivity index (χ1) is 20.9. The van der Waals surface area contributed by atoms with Crippen molar-refractivity contribution in [1.29, 1.82) is 0 Å². The topological polar surface area (TPSA) is 102 Å². The van der Waals surface area contributed by atoms with Crippen LogP contribution in [0.2, 0.25) is 0 Å². The molecule has 224 valence electrons. The van der Waals surface area contributed by atoms with Crippen LogP contribution < -0.4 is 11.1 Å². The van der Waals surface area contributed by atoms with Gasteiger partial charge in [-0.15, -0.1) is 0 Å². The van der Waals surface area contributed by atoms with Gasteiger partial charge in [-0.2, -0.15) is 0 Å². The molecule has 5 aromatic rings. The summed E-state index contributed by atoms with van der Waals surface area (Å²) in [6.07, 6.45) is 4.43. The molecule has 7 nitrogen and oxygen atoms in total. The average Bonchev–Trinajstić information content (AvgIpc) is 3.47. The molecule has 1 aliphatic rings. The van der Waals surface area contributed by atoms with Crippen molar-refractivity contribution in [2.45, 2.75) is 45.6 Å². The number of hydrogen-bond donors (Lipinski definition) is 2. The molecular weight excluding hydrogens is 567 g/mol. The Morgan fingerprint density at radius 1 is 0.977 bits per heavy atom. The van der Waals surface area contributed by atoms with Gasteiger partial charge >= 0.3 is 0 Å². The zero-order valence-electron chi connectivity index (χ0n) is 24.4. The zero-order valence-corrected chi connectivity index (χ0v) is 24.4. The molecule has 1 aliphatic heterocycles. The molecule has 44 heavy (non-hydrogen) atoms. The summed E-state index contributed by atoms with van der Waals surface area (Å²) >= 11 is 0. The molecule has 0 saturated heterocycles. The molecular formula is C34H30F3N5O2. The Bertz CT molecular complexity index is 1950. The summed E-state index contributed by atoms with van der Waals surface area (Å²) in [6, 6.07) is 13.4. The van der Waals surface area contributed by atoms with Crippen LogP contribution in [0.3, 0.4) is 0 Å². The van der Waals surface area contributed by atoms with Gasteiger partial charge in [-0.1, -0.05) is 38.1 Å². The first-order valence-corrected chi connectivity index (χ1v) is 14.3. The maximum absolute atomic E-state index is 13.8. The Hall–Kier alpha value is -4.99. The number of nitrogens with two attached hydrogens (primary N) is 1. The van der Waals surface area contributed by atoms with Crippen molar-refractivity contribution >= 4 is 17.3 Å². The minimum atomic E-state index is -0.933. The van der Waals surface area contributed by atoms with Crippen LogP contribution in [-0.4, -0.2) is 26.2 Å². The van der Waals surface area contributed by atoms with Crippen LogP contribution in [-0.2, 0) is 24.8 Å². The summed E-state index contributed by atoms with van der Waals surface area (Å²) in [7, 11) is 0. The van der Waals surface area contributed by atoms with E-state index >= 15 is 0 Å². The lowest BCUT2D eigenvalue weighted by Gasteiger charge is -2.26. The molecule has 2 aromatic carbocycles. The van der Waals surface area contributed by atoms with Gasteiger partial charge in [0.15, 0.2) is 11.6 Å². The lowest BCUT2D eigenvalue weighted by Crippen LogP contribution is -2.39. The average molecular weight is 598 g/mol. The second-order valence-electron chi connectivity index (χ2n) is 11.9. The standard InChI is InChI=1S/C34H30F3N5O2/c1-18(2)12-26-29(32(38)43)28(30-31(40-26)34(3,41-33(30)44)15-19-4-8-22(35)9-5-19)21-7-11-27-25(39-17-42(27)16-21)14-20-6-10-23(36)24(37)13-20/h4-11,13,16-18H,12,14-15H2,1-3H3,(H2,38,43)(H,41,44)/t34-/m0/s1. The van der Waals surface area contributed by atoms with E-state index in [1.807, 2.05) is 26.8 Å². The first kappa shape index (κ1) is 29.1. The fourth-order valence-electron chi connectivity index (χ4n) is 6.04. The lowest BCUT2D eigenvalue weighted by atomic mass is 9.85. The highest BCUT2D eigenvalue weighted by Crippen LogP contribution is 2.41. The summed E-state index contributed by atoms with van der Waals surface area (Å²) in [4.78, 5) is 36.2. The van der Waals surface area contributed by atoms with E-state index in [0.29, 0.717) is 46.6 Å². The molecule has 10 heteroatoms. The summed E-state index contributed by atoms with van der Waals surface area (Å²) < 4.78 is 42.6. The maximum Gasteiger partial charge on any atom is 0.254 e. The highest BCUT2D eigenvalue weighted by atomic mass is 19.2. The number of carbonyl (C=O) groups excluding carboxylic acids is 2. The van der Waals surface area contributed by atoms with E-state index in [2.05, 4.69) is 10.3 Å². The van der Waals surface area contributed by atoms with Crippen LogP contribution in [0.1, 0.15) is 69.7 Å². The van der Waals surface area contributed by atoms with Crippen LogP contribution in [0.5, 0.6) is 0 Å². The maximum atomic E-state index is 13.8. The van der Waals surface area contributed by atoms with Crippen LogP contribution in [0, 0.1) is 23.4 Å². The molecule has 0 aliphatic carbocycles. The third kappa shape index (κ3) is 5.21. The van der Waals surface area contributed by atoms with Crippen LogP contribution >= 0.6 is 0 Å². The van der Waals surface area contributed by atoms with E-state index < -0.39 is 29.0 Å². The molecule has 0 bridgehead atoms. The van der Waals surface area contributed by atoms with Crippen molar-refractivity contribution in [2.75, 3.05) is 0 Å². The molecule has 2 amide bonds. The Labute approximate surface area is 252 Å².